The number of fused-ring (bicyclic) bond motifs is 1. The average Bonchev–Trinajstić information content (AvgIpc) is 2.54. The average molecular weight is 283 g/mol. The van der Waals surface area contributed by atoms with Crippen molar-refractivity contribution in [1.82, 2.24) is 9.88 Å². The van der Waals surface area contributed by atoms with E-state index >= 15 is 0 Å². The molecule has 0 bridgehead atoms. The Morgan fingerprint density at radius 2 is 2.24 bits per heavy atom. The maximum Gasteiger partial charge on any atom is 0.272 e. The summed E-state index contributed by atoms with van der Waals surface area (Å²) in [5.41, 5.74) is 7.93. The number of anilines is 1. The first-order valence-electron chi connectivity index (χ1n) is 7.63. The summed E-state index contributed by atoms with van der Waals surface area (Å²) in [7, 11) is 0. The number of piperidine rings is 1. The number of nitrogens with zero attached hydrogens (tertiary/aromatic N) is 2. The van der Waals surface area contributed by atoms with E-state index in [1.54, 1.807) is 6.07 Å². The van der Waals surface area contributed by atoms with Gasteiger partial charge >= 0.3 is 0 Å². The summed E-state index contributed by atoms with van der Waals surface area (Å²) in [5.74, 6) is 0.617. The van der Waals surface area contributed by atoms with Gasteiger partial charge in [-0.15, -0.1) is 0 Å². The van der Waals surface area contributed by atoms with E-state index in [-0.39, 0.29) is 5.91 Å². The van der Waals surface area contributed by atoms with E-state index < -0.39 is 0 Å². The van der Waals surface area contributed by atoms with E-state index in [9.17, 15) is 4.79 Å². The predicted molar refractivity (Wildman–Crippen MR) is 85.1 cm³/mol. The molecule has 1 aromatic carbocycles. The molecule has 2 heterocycles. The number of benzene rings is 1. The molecule has 1 aliphatic rings. The summed E-state index contributed by atoms with van der Waals surface area (Å²) in [5, 5.41) is 0.902. The maximum absolute atomic E-state index is 12.7. The van der Waals surface area contributed by atoms with Gasteiger partial charge in [0.15, 0.2) is 0 Å². The molecule has 2 aromatic rings. The molecule has 4 heteroatoms. The highest BCUT2D eigenvalue weighted by Crippen LogP contribution is 2.23. The lowest BCUT2D eigenvalue weighted by atomic mass is 9.95. The lowest BCUT2D eigenvalue weighted by Crippen LogP contribution is -2.40. The molecule has 1 saturated heterocycles. The van der Waals surface area contributed by atoms with Gasteiger partial charge in [-0.25, -0.2) is 4.98 Å². The first-order chi connectivity index (χ1) is 10.2. The van der Waals surface area contributed by atoms with Crippen molar-refractivity contribution >= 4 is 22.5 Å². The van der Waals surface area contributed by atoms with Gasteiger partial charge in [-0.3, -0.25) is 4.79 Å². The van der Waals surface area contributed by atoms with E-state index in [1.807, 2.05) is 29.2 Å². The Morgan fingerprint density at radius 3 is 3.05 bits per heavy atom. The Labute approximate surface area is 125 Å². The number of pyridine rings is 1. The Hall–Kier alpha value is -2.10. The molecule has 0 spiro atoms. The van der Waals surface area contributed by atoms with Crippen LogP contribution in [0.1, 0.15) is 36.7 Å². The van der Waals surface area contributed by atoms with Gasteiger partial charge in [-0.1, -0.05) is 31.5 Å². The third kappa shape index (κ3) is 2.71. The van der Waals surface area contributed by atoms with Crippen LogP contribution in [0.4, 0.5) is 5.69 Å². The molecule has 0 aliphatic carbocycles. The Balaban J connectivity index is 1.91. The lowest BCUT2D eigenvalue weighted by Gasteiger charge is -2.32. The minimum atomic E-state index is 0.00519. The van der Waals surface area contributed by atoms with Gasteiger partial charge in [0, 0.05) is 24.2 Å². The van der Waals surface area contributed by atoms with Crippen molar-refractivity contribution < 1.29 is 4.79 Å². The van der Waals surface area contributed by atoms with Crippen LogP contribution < -0.4 is 5.73 Å². The number of likely N-dealkylation sites (tertiary alicyclic amines) is 1. The number of hydrogen-bond donors (Lipinski definition) is 1. The van der Waals surface area contributed by atoms with Crippen LogP contribution in [0.15, 0.2) is 30.3 Å². The summed E-state index contributed by atoms with van der Waals surface area (Å²) in [6.07, 6.45) is 3.41. The van der Waals surface area contributed by atoms with Crippen LogP contribution in [0.25, 0.3) is 10.9 Å². The van der Waals surface area contributed by atoms with Gasteiger partial charge in [0.05, 0.1) is 5.52 Å². The molecule has 1 amide bonds. The van der Waals surface area contributed by atoms with Crippen molar-refractivity contribution in [1.29, 1.82) is 0 Å². The number of carbonyl (C=O) groups excluding carboxylic acids is 1. The second-order valence-corrected chi connectivity index (χ2v) is 5.78. The highest BCUT2D eigenvalue weighted by molar-refractivity contribution is 5.99. The summed E-state index contributed by atoms with van der Waals surface area (Å²) in [6, 6.07) is 9.38. The molecule has 1 fully saturated rings. The molecule has 110 valence electrons. The number of carbonyl (C=O) groups is 1. The molecule has 0 radical (unpaired) electrons. The van der Waals surface area contributed by atoms with Crippen LogP contribution in [-0.4, -0.2) is 28.9 Å². The van der Waals surface area contributed by atoms with Crippen LogP contribution in [0.2, 0.25) is 0 Å². The van der Waals surface area contributed by atoms with Crippen LogP contribution in [0.5, 0.6) is 0 Å². The number of nitrogen functional groups attached to an aromatic ring is 1. The summed E-state index contributed by atoms with van der Waals surface area (Å²) in [4.78, 5) is 19.1. The molecule has 21 heavy (non-hydrogen) atoms. The molecule has 1 atom stereocenters. The standard InChI is InChI=1S/C17H21N3O/c1-2-12-6-5-9-20(11-12)17(21)16-10-14(18)13-7-3-4-8-15(13)19-16/h3-4,7-8,10,12H,2,5-6,9,11H2,1H3,(H2,18,19). The third-order valence-corrected chi connectivity index (χ3v) is 4.35. The molecule has 3 rings (SSSR count). The van der Waals surface area contributed by atoms with Crippen molar-refractivity contribution in [2.24, 2.45) is 5.92 Å². The Kier molecular flexibility index (Phi) is 3.78. The molecule has 1 unspecified atom stereocenters. The molecular weight excluding hydrogens is 262 g/mol. The van der Waals surface area contributed by atoms with Crippen molar-refractivity contribution in [3.8, 4) is 0 Å². The second-order valence-electron chi connectivity index (χ2n) is 5.78. The van der Waals surface area contributed by atoms with Crippen LogP contribution in [0, 0.1) is 5.92 Å². The van der Waals surface area contributed by atoms with Crippen molar-refractivity contribution in [2.75, 3.05) is 18.8 Å². The number of para-hydroxylation sites is 1. The highest BCUT2D eigenvalue weighted by atomic mass is 16.2. The number of amides is 1. The first kappa shape index (κ1) is 13.9. The van der Waals surface area contributed by atoms with Crippen molar-refractivity contribution in [3.63, 3.8) is 0 Å². The smallest absolute Gasteiger partial charge is 0.272 e. The fourth-order valence-electron chi connectivity index (χ4n) is 3.06. The molecule has 0 saturated carbocycles. The minimum Gasteiger partial charge on any atom is -0.398 e. The summed E-state index contributed by atoms with van der Waals surface area (Å²) in [6.45, 7) is 3.85. The number of rotatable bonds is 2. The van der Waals surface area contributed by atoms with Crippen LogP contribution in [0.3, 0.4) is 0 Å². The van der Waals surface area contributed by atoms with Gasteiger partial charge < -0.3 is 10.6 Å². The zero-order valence-corrected chi connectivity index (χ0v) is 12.4. The molecule has 4 nitrogen and oxygen atoms in total. The van der Waals surface area contributed by atoms with Gasteiger partial charge in [0.1, 0.15) is 5.69 Å². The Morgan fingerprint density at radius 1 is 1.43 bits per heavy atom. The molecule has 1 aromatic heterocycles. The van der Waals surface area contributed by atoms with Gasteiger partial charge in [0.25, 0.3) is 5.91 Å². The zero-order valence-electron chi connectivity index (χ0n) is 12.4. The quantitative estimate of drug-likeness (QED) is 0.921. The normalized spacial score (nSPS) is 18.9. The van der Waals surface area contributed by atoms with E-state index in [0.29, 0.717) is 17.3 Å². The minimum absolute atomic E-state index is 0.00519. The zero-order chi connectivity index (χ0) is 14.8. The van der Waals surface area contributed by atoms with E-state index in [0.717, 1.165) is 36.8 Å². The van der Waals surface area contributed by atoms with Gasteiger partial charge in [0.2, 0.25) is 0 Å². The van der Waals surface area contributed by atoms with Gasteiger partial charge in [-0.2, -0.15) is 0 Å². The predicted octanol–water partition coefficient (Wildman–Crippen LogP) is 3.08. The van der Waals surface area contributed by atoms with E-state index in [4.69, 9.17) is 5.73 Å². The fourth-order valence-corrected chi connectivity index (χ4v) is 3.06. The molecule has 2 N–H and O–H groups in total. The SMILES string of the molecule is CCC1CCCN(C(=O)c2cc(N)c3ccccc3n2)C1. The van der Waals surface area contributed by atoms with Gasteiger partial charge in [-0.05, 0) is 30.9 Å². The number of aromatic nitrogens is 1. The largest absolute Gasteiger partial charge is 0.398 e. The van der Waals surface area contributed by atoms with E-state index in [1.165, 1.54) is 6.42 Å². The topological polar surface area (TPSA) is 59.2 Å². The number of nitrogens with two attached hydrogens (primary N) is 1. The number of hydrogen-bond acceptors (Lipinski definition) is 3. The van der Waals surface area contributed by atoms with Crippen LogP contribution in [-0.2, 0) is 0 Å². The Bertz CT molecular complexity index is 668. The second kappa shape index (κ2) is 5.72. The van der Waals surface area contributed by atoms with Crippen LogP contribution >= 0.6 is 0 Å². The van der Waals surface area contributed by atoms with Crippen molar-refractivity contribution in [3.05, 3.63) is 36.0 Å². The summed E-state index contributed by atoms with van der Waals surface area (Å²) < 4.78 is 0. The van der Waals surface area contributed by atoms with E-state index in [2.05, 4.69) is 11.9 Å². The monoisotopic (exact) mass is 283 g/mol. The fraction of sp³-hybridized carbons (Fsp3) is 0.412. The van der Waals surface area contributed by atoms with Crippen molar-refractivity contribution in [2.45, 2.75) is 26.2 Å². The lowest BCUT2D eigenvalue weighted by molar-refractivity contribution is 0.0665. The summed E-state index contributed by atoms with van der Waals surface area (Å²) >= 11 is 0. The molecule has 1 aliphatic heterocycles. The highest BCUT2D eigenvalue weighted by Gasteiger charge is 2.24. The maximum atomic E-state index is 12.7. The first-order valence-corrected chi connectivity index (χ1v) is 7.63. The third-order valence-electron chi connectivity index (χ3n) is 4.35. The molecular formula is C17H21N3O.